The zero-order valence-corrected chi connectivity index (χ0v) is 31.9. The van der Waals surface area contributed by atoms with Gasteiger partial charge in [-0.3, -0.25) is 0 Å². The van der Waals surface area contributed by atoms with E-state index in [9.17, 15) is 5.26 Å². The molecule has 0 spiro atoms. The highest BCUT2D eigenvalue weighted by Crippen LogP contribution is 2.42. The number of fused-ring (bicyclic) bond motifs is 6. The van der Waals surface area contributed by atoms with Gasteiger partial charge in [0.2, 0.25) is 0 Å². The predicted molar refractivity (Wildman–Crippen MR) is 240 cm³/mol. The van der Waals surface area contributed by atoms with E-state index in [2.05, 4.69) is 88.3 Å². The Balaban J connectivity index is 1.20. The van der Waals surface area contributed by atoms with Crippen molar-refractivity contribution in [1.29, 1.82) is 5.26 Å². The molecule has 0 aliphatic rings. The molecule has 0 fully saturated rings. The Kier molecular flexibility index (Phi) is 8.11. The lowest BCUT2D eigenvalue weighted by Gasteiger charge is -2.16. The molecule has 7 nitrogen and oxygen atoms in total. The molecule has 0 saturated carbocycles. The van der Waals surface area contributed by atoms with Crippen LogP contribution in [-0.4, -0.2) is 19.5 Å². The third kappa shape index (κ3) is 5.69. The van der Waals surface area contributed by atoms with Gasteiger partial charge in [0, 0.05) is 49.4 Å². The molecular weight excluding hydrogens is 737 g/mol. The second-order valence-electron chi connectivity index (χ2n) is 14.6. The molecule has 11 aromatic rings. The summed E-state index contributed by atoms with van der Waals surface area (Å²) in [4.78, 5) is 19.3. The fourth-order valence-corrected chi connectivity index (χ4v) is 8.32. The van der Waals surface area contributed by atoms with Crippen molar-refractivity contribution in [2.45, 2.75) is 0 Å². The molecule has 3 heterocycles. The Labute approximate surface area is 344 Å². The number of furan rings is 1. The van der Waals surface area contributed by atoms with Crippen LogP contribution in [0.25, 0.3) is 111 Å². The molecule has 0 N–H and O–H groups in total. The lowest BCUT2D eigenvalue weighted by molar-refractivity contribution is 0.670. The summed E-state index contributed by atoms with van der Waals surface area (Å²) in [7, 11) is 0. The number of hydrogen-bond acceptors (Lipinski definition) is 5. The highest BCUT2D eigenvalue weighted by Gasteiger charge is 2.22. The van der Waals surface area contributed by atoms with E-state index in [-0.39, 0.29) is 0 Å². The van der Waals surface area contributed by atoms with Crippen LogP contribution in [0.3, 0.4) is 0 Å². The average molecular weight is 767 g/mol. The van der Waals surface area contributed by atoms with Crippen LogP contribution in [0, 0.1) is 17.9 Å². The minimum atomic E-state index is 0.438. The van der Waals surface area contributed by atoms with Crippen LogP contribution >= 0.6 is 0 Å². The van der Waals surface area contributed by atoms with E-state index in [1.54, 1.807) is 12.1 Å². The van der Waals surface area contributed by atoms with Crippen molar-refractivity contribution < 1.29 is 4.42 Å². The molecule has 8 aromatic carbocycles. The monoisotopic (exact) mass is 766 g/mol. The number of nitriles is 1. The van der Waals surface area contributed by atoms with Gasteiger partial charge >= 0.3 is 0 Å². The molecule has 0 atom stereocenters. The molecule has 0 aliphatic carbocycles. The first kappa shape index (κ1) is 34.6. The van der Waals surface area contributed by atoms with E-state index in [4.69, 9.17) is 25.9 Å². The van der Waals surface area contributed by atoms with Crippen molar-refractivity contribution in [3.05, 3.63) is 199 Å². The van der Waals surface area contributed by atoms with Gasteiger partial charge in [-0.2, -0.15) is 5.26 Å². The zero-order valence-electron chi connectivity index (χ0n) is 31.9. The molecular formula is C53H30N6O. The fraction of sp³-hybridized carbons (Fsp3) is 0. The molecule has 278 valence electrons. The standard InChI is InChI=1S/C53H30N6O/c1-55-45-29-33(32-54)23-26-38(45)36-24-27-47-43(30-36)40-17-8-10-21-46(40)59(47)48-28-25-37(39-19-12-20-42-41-18-9-11-22-49(41)60-50(39)42)31-44(48)53-57-51(34-13-4-2-5-14-34)56-52(58-53)35-15-6-3-7-16-35/h2-31H. The predicted octanol–water partition coefficient (Wildman–Crippen LogP) is 13.6. The van der Waals surface area contributed by atoms with Crippen molar-refractivity contribution in [3.63, 3.8) is 0 Å². The van der Waals surface area contributed by atoms with E-state index in [1.165, 1.54) is 0 Å². The number of aromatic nitrogens is 4. The normalized spacial score (nSPS) is 11.3. The first-order valence-corrected chi connectivity index (χ1v) is 19.5. The molecule has 0 saturated heterocycles. The largest absolute Gasteiger partial charge is 0.455 e. The number of rotatable bonds is 6. The van der Waals surface area contributed by atoms with Gasteiger partial charge in [0.25, 0.3) is 0 Å². The van der Waals surface area contributed by atoms with Crippen LogP contribution in [0.1, 0.15) is 5.56 Å². The van der Waals surface area contributed by atoms with Crippen LogP contribution in [-0.2, 0) is 0 Å². The van der Waals surface area contributed by atoms with Crippen LogP contribution in [0.5, 0.6) is 0 Å². The lowest BCUT2D eigenvalue weighted by Crippen LogP contribution is -2.04. The first-order chi connectivity index (χ1) is 29.6. The highest BCUT2D eigenvalue weighted by atomic mass is 16.3. The summed E-state index contributed by atoms with van der Waals surface area (Å²) in [6.45, 7) is 7.90. The minimum Gasteiger partial charge on any atom is -0.455 e. The number of para-hydroxylation sites is 3. The van der Waals surface area contributed by atoms with E-state index in [1.807, 2.05) is 97.1 Å². The Morgan fingerprint density at radius 2 is 1.12 bits per heavy atom. The number of nitrogens with zero attached hydrogens (tertiary/aromatic N) is 6. The summed E-state index contributed by atoms with van der Waals surface area (Å²) < 4.78 is 8.83. The summed E-state index contributed by atoms with van der Waals surface area (Å²) in [5, 5.41) is 13.7. The maximum absolute atomic E-state index is 9.53. The van der Waals surface area contributed by atoms with Crippen molar-refractivity contribution in [3.8, 4) is 68.2 Å². The van der Waals surface area contributed by atoms with Gasteiger partial charge < -0.3 is 8.98 Å². The Hall–Kier alpha value is -8.65. The molecule has 11 rings (SSSR count). The smallest absolute Gasteiger partial charge is 0.196 e. The van der Waals surface area contributed by atoms with Crippen LogP contribution in [0.4, 0.5) is 5.69 Å². The quantitative estimate of drug-likeness (QED) is 0.157. The fourth-order valence-electron chi connectivity index (χ4n) is 8.32. The van der Waals surface area contributed by atoms with E-state index in [0.29, 0.717) is 28.7 Å². The van der Waals surface area contributed by atoms with Gasteiger partial charge in [0.15, 0.2) is 23.2 Å². The van der Waals surface area contributed by atoms with Gasteiger partial charge in [-0.05, 0) is 65.2 Å². The summed E-state index contributed by atoms with van der Waals surface area (Å²) in [6, 6.07) is 63.0. The van der Waals surface area contributed by atoms with Gasteiger partial charge in [-0.15, -0.1) is 0 Å². The molecule has 0 aliphatic heterocycles. The van der Waals surface area contributed by atoms with E-state index in [0.717, 1.165) is 88.4 Å². The number of hydrogen-bond donors (Lipinski definition) is 0. The van der Waals surface area contributed by atoms with Crippen molar-refractivity contribution in [1.82, 2.24) is 19.5 Å². The van der Waals surface area contributed by atoms with Crippen LogP contribution < -0.4 is 0 Å². The van der Waals surface area contributed by atoms with Gasteiger partial charge in [-0.25, -0.2) is 19.8 Å². The third-order valence-corrected chi connectivity index (χ3v) is 11.1. The summed E-state index contributed by atoms with van der Waals surface area (Å²) in [5.74, 6) is 1.67. The molecule has 60 heavy (non-hydrogen) atoms. The Bertz CT molecular complexity index is 3520. The second kappa shape index (κ2) is 14.1. The Morgan fingerprint density at radius 1 is 0.483 bits per heavy atom. The molecule has 0 unspecified atom stereocenters. The summed E-state index contributed by atoms with van der Waals surface area (Å²) >= 11 is 0. The maximum atomic E-state index is 9.53. The highest BCUT2D eigenvalue weighted by molar-refractivity contribution is 6.12. The molecule has 0 radical (unpaired) electrons. The van der Waals surface area contributed by atoms with Gasteiger partial charge in [-0.1, -0.05) is 133 Å². The Morgan fingerprint density at radius 3 is 1.87 bits per heavy atom. The molecule has 0 amide bonds. The van der Waals surface area contributed by atoms with Gasteiger partial charge in [0.05, 0.1) is 29.4 Å². The average Bonchev–Trinajstić information content (AvgIpc) is 3.87. The maximum Gasteiger partial charge on any atom is 0.196 e. The second-order valence-corrected chi connectivity index (χ2v) is 14.6. The van der Waals surface area contributed by atoms with Crippen molar-refractivity contribution >= 4 is 49.4 Å². The molecule has 7 heteroatoms. The summed E-state index contributed by atoms with van der Waals surface area (Å²) in [5.41, 5.74) is 11.6. The molecule has 0 bridgehead atoms. The summed E-state index contributed by atoms with van der Waals surface area (Å²) in [6.07, 6.45) is 0. The third-order valence-electron chi connectivity index (χ3n) is 11.1. The van der Waals surface area contributed by atoms with E-state index >= 15 is 0 Å². The van der Waals surface area contributed by atoms with Crippen molar-refractivity contribution in [2.24, 2.45) is 0 Å². The lowest BCUT2D eigenvalue weighted by atomic mass is 9.98. The van der Waals surface area contributed by atoms with Crippen molar-refractivity contribution in [2.75, 3.05) is 0 Å². The topological polar surface area (TPSA) is 84.9 Å². The zero-order chi connectivity index (χ0) is 40.2. The number of benzene rings is 8. The first-order valence-electron chi connectivity index (χ1n) is 19.5. The SMILES string of the molecule is [C-]#[N+]c1cc(C#N)ccc1-c1ccc2c(c1)c1ccccc1n2-c1ccc(-c2cccc3c2oc2ccccc23)cc1-c1nc(-c2ccccc2)nc(-c2ccccc2)n1. The van der Waals surface area contributed by atoms with Crippen LogP contribution in [0.2, 0.25) is 0 Å². The van der Waals surface area contributed by atoms with E-state index < -0.39 is 0 Å². The molecule has 3 aromatic heterocycles. The minimum absolute atomic E-state index is 0.438. The van der Waals surface area contributed by atoms with Crippen LogP contribution in [0.15, 0.2) is 186 Å². The van der Waals surface area contributed by atoms with Gasteiger partial charge in [0.1, 0.15) is 11.2 Å².